The van der Waals surface area contributed by atoms with Crippen molar-refractivity contribution in [2.45, 2.75) is 6.92 Å². The van der Waals surface area contributed by atoms with E-state index in [4.69, 9.17) is 5.73 Å². The zero-order valence-corrected chi connectivity index (χ0v) is 12.1. The highest BCUT2D eigenvalue weighted by atomic mass is 16.2. The van der Waals surface area contributed by atoms with Crippen LogP contribution in [0.15, 0.2) is 24.3 Å². The molecule has 110 valence electrons. The maximum absolute atomic E-state index is 12.5. The summed E-state index contributed by atoms with van der Waals surface area (Å²) >= 11 is 0. The Morgan fingerprint density at radius 2 is 1.86 bits per heavy atom. The average molecular weight is 285 g/mol. The lowest BCUT2D eigenvalue weighted by molar-refractivity contribution is -0.130. The number of hydrogen-bond acceptors (Lipinski definition) is 3. The molecule has 1 heterocycles. The fourth-order valence-electron chi connectivity index (χ4n) is 2.29. The van der Waals surface area contributed by atoms with Crippen LogP contribution in [0, 0.1) is 11.8 Å². The molecule has 1 aliphatic rings. The second-order valence-electron chi connectivity index (χ2n) is 4.88. The largest absolute Gasteiger partial charge is 0.339 e. The highest BCUT2D eigenvalue weighted by molar-refractivity contribution is 5.94. The predicted molar refractivity (Wildman–Crippen MR) is 80.5 cm³/mol. The summed E-state index contributed by atoms with van der Waals surface area (Å²) in [4.78, 5) is 27.3. The fraction of sp³-hybridized carbons (Fsp3) is 0.375. The zero-order valence-electron chi connectivity index (χ0n) is 12.1. The summed E-state index contributed by atoms with van der Waals surface area (Å²) in [6.45, 7) is 4.16. The van der Waals surface area contributed by atoms with Crippen LogP contribution in [0.5, 0.6) is 0 Å². The smallest absolute Gasteiger partial charge is 0.254 e. The molecular formula is C16H19N3O2. The van der Waals surface area contributed by atoms with E-state index in [1.54, 1.807) is 28.9 Å². The lowest BCUT2D eigenvalue weighted by Crippen LogP contribution is -2.50. The van der Waals surface area contributed by atoms with E-state index < -0.39 is 0 Å². The van der Waals surface area contributed by atoms with Crippen LogP contribution in [0.3, 0.4) is 0 Å². The van der Waals surface area contributed by atoms with E-state index in [2.05, 4.69) is 11.8 Å². The lowest BCUT2D eigenvalue weighted by atomic mass is 10.1. The maximum atomic E-state index is 12.5. The van der Waals surface area contributed by atoms with Crippen molar-refractivity contribution in [1.29, 1.82) is 0 Å². The Bertz CT molecular complexity index is 593. The minimum atomic E-state index is -0.0189. The van der Waals surface area contributed by atoms with Crippen LogP contribution in [-0.2, 0) is 4.79 Å². The molecule has 0 unspecified atom stereocenters. The number of hydrogen-bond donors (Lipinski definition) is 1. The summed E-state index contributed by atoms with van der Waals surface area (Å²) < 4.78 is 0. The van der Waals surface area contributed by atoms with Crippen molar-refractivity contribution >= 4 is 11.8 Å². The van der Waals surface area contributed by atoms with E-state index in [0.717, 1.165) is 5.56 Å². The molecule has 1 aromatic carbocycles. The van der Waals surface area contributed by atoms with Gasteiger partial charge in [-0.05, 0) is 18.2 Å². The minimum absolute atomic E-state index is 0.0189. The normalized spacial score (nSPS) is 14.4. The maximum Gasteiger partial charge on any atom is 0.254 e. The molecule has 1 aromatic rings. The molecule has 0 aromatic heterocycles. The van der Waals surface area contributed by atoms with Gasteiger partial charge >= 0.3 is 0 Å². The van der Waals surface area contributed by atoms with Crippen LogP contribution in [0.4, 0.5) is 0 Å². The van der Waals surface area contributed by atoms with Crippen molar-refractivity contribution in [3.63, 3.8) is 0 Å². The van der Waals surface area contributed by atoms with Gasteiger partial charge in [0.05, 0.1) is 6.54 Å². The average Bonchev–Trinajstić information content (AvgIpc) is 2.52. The van der Waals surface area contributed by atoms with E-state index in [0.29, 0.717) is 38.3 Å². The molecule has 0 spiro atoms. The third-order valence-electron chi connectivity index (χ3n) is 3.46. The lowest BCUT2D eigenvalue weighted by Gasteiger charge is -2.34. The van der Waals surface area contributed by atoms with Crippen LogP contribution in [-0.4, -0.2) is 54.3 Å². The SMILES string of the molecule is CC(=O)N1CCN(C(=O)c2cccc(C#CCN)c2)CC1. The number of piperazine rings is 1. The van der Waals surface area contributed by atoms with E-state index >= 15 is 0 Å². The van der Waals surface area contributed by atoms with E-state index in [1.807, 2.05) is 12.1 Å². The van der Waals surface area contributed by atoms with Gasteiger partial charge in [-0.3, -0.25) is 9.59 Å². The van der Waals surface area contributed by atoms with Gasteiger partial charge in [-0.1, -0.05) is 17.9 Å². The second-order valence-corrected chi connectivity index (χ2v) is 4.88. The van der Waals surface area contributed by atoms with Gasteiger partial charge in [-0.15, -0.1) is 0 Å². The molecule has 0 bridgehead atoms. The number of nitrogens with zero attached hydrogens (tertiary/aromatic N) is 2. The van der Waals surface area contributed by atoms with Crippen LogP contribution in [0.1, 0.15) is 22.8 Å². The monoisotopic (exact) mass is 285 g/mol. The molecule has 0 aliphatic carbocycles. The first kappa shape index (κ1) is 15.1. The Balaban J connectivity index is 2.05. The summed E-state index contributed by atoms with van der Waals surface area (Å²) in [5.41, 5.74) is 6.75. The number of nitrogens with two attached hydrogens (primary N) is 1. The van der Waals surface area contributed by atoms with Gasteiger partial charge in [0.15, 0.2) is 0 Å². The molecule has 0 radical (unpaired) electrons. The summed E-state index contributed by atoms with van der Waals surface area (Å²) in [5, 5.41) is 0. The van der Waals surface area contributed by atoms with Gasteiger partial charge in [-0.2, -0.15) is 0 Å². The number of carbonyl (C=O) groups excluding carboxylic acids is 2. The van der Waals surface area contributed by atoms with Crippen molar-refractivity contribution in [3.05, 3.63) is 35.4 Å². The number of carbonyl (C=O) groups is 2. The number of benzene rings is 1. The molecule has 2 N–H and O–H groups in total. The highest BCUT2D eigenvalue weighted by Gasteiger charge is 2.23. The summed E-state index contributed by atoms with van der Waals surface area (Å²) in [6, 6.07) is 7.24. The quantitative estimate of drug-likeness (QED) is 0.755. The Morgan fingerprint density at radius 1 is 1.19 bits per heavy atom. The highest BCUT2D eigenvalue weighted by Crippen LogP contribution is 2.11. The standard InChI is InChI=1S/C16H19N3O2/c1-13(20)18-8-10-19(11-9-18)16(21)15-6-2-4-14(12-15)5-3-7-17/h2,4,6,12H,7-11,17H2,1H3. The summed E-state index contributed by atoms with van der Waals surface area (Å²) in [6.07, 6.45) is 0. The van der Waals surface area contributed by atoms with E-state index in [-0.39, 0.29) is 11.8 Å². The Hall–Kier alpha value is -2.32. The Labute approximate surface area is 124 Å². The van der Waals surface area contributed by atoms with Gasteiger partial charge in [-0.25, -0.2) is 0 Å². The second kappa shape index (κ2) is 6.91. The molecule has 2 rings (SSSR count). The molecule has 5 nitrogen and oxygen atoms in total. The molecule has 1 aliphatic heterocycles. The van der Waals surface area contributed by atoms with E-state index in [9.17, 15) is 9.59 Å². The van der Waals surface area contributed by atoms with Crippen molar-refractivity contribution in [2.24, 2.45) is 5.73 Å². The molecule has 0 saturated carbocycles. The molecule has 21 heavy (non-hydrogen) atoms. The van der Waals surface area contributed by atoms with Crippen LogP contribution < -0.4 is 5.73 Å². The van der Waals surface area contributed by atoms with Crippen molar-refractivity contribution < 1.29 is 9.59 Å². The van der Waals surface area contributed by atoms with Gasteiger partial charge in [0.25, 0.3) is 5.91 Å². The summed E-state index contributed by atoms with van der Waals surface area (Å²) in [7, 11) is 0. The van der Waals surface area contributed by atoms with Crippen molar-refractivity contribution in [2.75, 3.05) is 32.7 Å². The molecule has 2 amide bonds. The van der Waals surface area contributed by atoms with E-state index in [1.165, 1.54) is 0 Å². The van der Waals surface area contributed by atoms with Crippen molar-refractivity contribution in [3.8, 4) is 11.8 Å². The van der Waals surface area contributed by atoms with Crippen molar-refractivity contribution in [1.82, 2.24) is 9.80 Å². The first-order valence-corrected chi connectivity index (χ1v) is 6.95. The molecule has 1 saturated heterocycles. The first-order valence-electron chi connectivity index (χ1n) is 6.95. The van der Waals surface area contributed by atoms with Crippen LogP contribution in [0.2, 0.25) is 0 Å². The fourth-order valence-corrected chi connectivity index (χ4v) is 2.29. The molecule has 1 fully saturated rings. The van der Waals surface area contributed by atoms with Crippen LogP contribution in [0.25, 0.3) is 0 Å². The Kier molecular flexibility index (Phi) is 4.96. The molecular weight excluding hydrogens is 266 g/mol. The Morgan fingerprint density at radius 3 is 2.48 bits per heavy atom. The van der Waals surface area contributed by atoms with Gasteiger partial charge in [0, 0.05) is 44.2 Å². The molecule has 0 atom stereocenters. The first-order chi connectivity index (χ1) is 10.1. The van der Waals surface area contributed by atoms with Gasteiger partial charge in [0.1, 0.15) is 0 Å². The zero-order chi connectivity index (χ0) is 15.2. The topological polar surface area (TPSA) is 66.6 Å². The summed E-state index contributed by atoms with van der Waals surface area (Å²) in [5.74, 6) is 5.74. The van der Waals surface area contributed by atoms with Gasteiger partial charge < -0.3 is 15.5 Å². The minimum Gasteiger partial charge on any atom is -0.339 e. The third kappa shape index (κ3) is 3.83. The number of rotatable bonds is 1. The van der Waals surface area contributed by atoms with Crippen LogP contribution >= 0.6 is 0 Å². The van der Waals surface area contributed by atoms with Gasteiger partial charge in [0.2, 0.25) is 5.91 Å². The number of amides is 2. The third-order valence-corrected chi connectivity index (χ3v) is 3.46. The predicted octanol–water partition coefficient (Wildman–Crippen LogP) is 0.301. The molecule has 5 heteroatoms.